The van der Waals surface area contributed by atoms with Crippen LogP contribution in [0, 0.1) is 0 Å². The van der Waals surface area contributed by atoms with Gasteiger partial charge in [-0.15, -0.1) is 0 Å². The molecule has 0 radical (unpaired) electrons. The summed E-state index contributed by atoms with van der Waals surface area (Å²) in [5, 5.41) is 9.48. The number of carbonyl (C=O) groups is 1. The van der Waals surface area contributed by atoms with Crippen molar-refractivity contribution < 1.29 is 14.6 Å². The van der Waals surface area contributed by atoms with E-state index in [-0.39, 0.29) is 6.61 Å². The van der Waals surface area contributed by atoms with Crippen molar-refractivity contribution in [2.75, 3.05) is 18.1 Å². The lowest BCUT2D eigenvalue weighted by Crippen LogP contribution is -2.25. The Balaban J connectivity index is 2.18. The second-order valence-electron chi connectivity index (χ2n) is 3.28. The summed E-state index contributed by atoms with van der Waals surface area (Å²) in [6.45, 7) is 0.215. The number of ether oxygens (including phenoxy) is 1. The van der Waals surface area contributed by atoms with E-state index in [1.54, 1.807) is 24.3 Å². The SMILES string of the molecule is O=C1O[C@@H](CO)CN1c1ccc(Cl)cc1. The van der Waals surface area contributed by atoms with E-state index in [9.17, 15) is 4.79 Å². The van der Waals surface area contributed by atoms with Crippen molar-refractivity contribution in [1.82, 2.24) is 0 Å². The van der Waals surface area contributed by atoms with Crippen molar-refractivity contribution in [2.45, 2.75) is 6.10 Å². The summed E-state index contributed by atoms with van der Waals surface area (Å²) < 4.78 is 4.91. The quantitative estimate of drug-likeness (QED) is 0.836. The number of hydrogen-bond donors (Lipinski definition) is 1. The molecule has 1 fully saturated rings. The molecule has 2 rings (SSSR count). The highest BCUT2D eigenvalue weighted by atomic mass is 35.5. The number of aliphatic hydroxyl groups excluding tert-OH is 1. The largest absolute Gasteiger partial charge is 0.441 e. The molecule has 0 aromatic heterocycles. The third-order valence-electron chi connectivity index (χ3n) is 2.22. The van der Waals surface area contributed by atoms with Crippen LogP contribution in [-0.4, -0.2) is 30.5 Å². The summed E-state index contributed by atoms with van der Waals surface area (Å²) in [5.41, 5.74) is 0.723. The molecule has 0 spiro atoms. The first-order chi connectivity index (χ1) is 7.20. The molecule has 1 heterocycles. The maximum atomic E-state index is 11.4. The third kappa shape index (κ3) is 2.06. The topological polar surface area (TPSA) is 49.8 Å². The predicted octanol–water partition coefficient (Wildman–Crippen LogP) is 1.66. The van der Waals surface area contributed by atoms with Gasteiger partial charge in [0.2, 0.25) is 0 Å². The first-order valence-electron chi connectivity index (χ1n) is 4.55. The van der Waals surface area contributed by atoms with Gasteiger partial charge in [-0.25, -0.2) is 4.79 Å². The van der Waals surface area contributed by atoms with Gasteiger partial charge in [0.15, 0.2) is 0 Å². The molecule has 0 bridgehead atoms. The lowest BCUT2D eigenvalue weighted by atomic mass is 10.3. The van der Waals surface area contributed by atoms with E-state index in [0.717, 1.165) is 5.69 Å². The van der Waals surface area contributed by atoms with Crippen LogP contribution in [0.1, 0.15) is 0 Å². The van der Waals surface area contributed by atoms with Crippen LogP contribution in [-0.2, 0) is 4.74 Å². The molecule has 0 saturated carbocycles. The van der Waals surface area contributed by atoms with Gasteiger partial charge in [-0.2, -0.15) is 0 Å². The van der Waals surface area contributed by atoms with Crippen LogP contribution < -0.4 is 4.90 Å². The Morgan fingerprint density at radius 2 is 2.13 bits per heavy atom. The van der Waals surface area contributed by atoms with Gasteiger partial charge in [0, 0.05) is 10.7 Å². The molecule has 4 nitrogen and oxygen atoms in total. The molecule has 1 saturated heterocycles. The van der Waals surface area contributed by atoms with Gasteiger partial charge in [-0.1, -0.05) is 11.6 Å². The number of benzene rings is 1. The van der Waals surface area contributed by atoms with Crippen molar-refractivity contribution in [3.8, 4) is 0 Å². The Bertz CT molecular complexity index is 365. The lowest BCUT2D eigenvalue weighted by Gasteiger charge is -2.12. The van der Waals surface area contributed by atoms with E-state index < -0.39 is 12.2 Å². The normalized spacial score (nSPS) is 20.5. The molecular formula is C10H10ClNO3. The molecule has 80 valence electrons. The summed E-state index contributed by atoms with van der Waals surface area (Å²) in [6, 6.07) is 6.89. The number of rotatable bonds is 2. The molecular weight excluding hydrogens is 218 g/mol. The molecule has 1 aromatic rings. The summed E-state index contributed by atoms with van der Waals surface area (Å²) in [4.78, 5) is 12.9. The van der Waals surface area contributed by atoms with Crippen molar-refractivity contribution in [1.29, 1.82) is 0 Å². The summed E-state index contributed by atoms with van der Waals surface area (Å²) in [7, 11) is 0. The van der Waals surface area contributed by atoms with Crippen LogP contribution >= 0.6 is 11.6 Å². The highest BCUT2D eigenvalue weighted by Gasteiger charge is 2.31. The predicted molar refractivity (Wildman–Crippen MR) is 56.2 cm³/mol. The standard InChI is InChI=1S/C10H10ClNO3/c11-7-1-3-8(4-2-7)12-5-9(6-13)15-10(12)14/h1-4,9,13H,5-6H2/t9-/m1/s1. The average molecular weight is 228 g/mol. The van der Waals surface area contributed by atoms with Gasteiger partial charge < -0.3 is 9.84 Å². The number of halogens is 1. The van der Waals surface area contributed by atoms with Crippen molar-refractivity contribution in [3.63, 3.8) is 0 Å². The Kier molecular flexibility index (Phi) is 2.79. The van der Waals surface area contributed by atoms with Crippen LogP contribution in [0.15, 0.2) is 24.3 Å². The van der Waals surface area contributed by atoms with E-state index in [1.807, 2.05) is 0 Å². The molecule has 1 amide bonds. The minimum Gasteiger partial charge on any atom is -0.441 e. The van der Waals surface area contributed by atoms with Crippen molar-refractivity contribution >= 4 is 23.4 Å². The zero-order chi connectivity index (χ0) is 10.8. The Hall–Kier alpha value is -1.26. The zero-order valence-corrected chi connectivity index (χ0v) is 8.65. The molecule has 0 unspecified atom stereocenters. The van der Waals surface area contributed by atoms with E-state index in [0.29, 0.717) is 11.6 Å². The van der Waals surface area contributed by atoms with Crippen molar-refractivity contribution in [3.05, 3.63) is 29.3 Å². The van der Waals surface area contributed by atoms with Gasteiger partial charge in [0.1, 0.15) is 6.10 Å². The second-order valence-corrected chi connectivity index (χ2v) is 3.71. The smallest absolute Gasteiger partial charge is 0.414 e. The Morgan fingerprint density at radius 1 is 1.47 bits per heavy atom. The van der Waals surface area contributed by atoms with Gasteiger partial charge in [-0.3, -0.25) is 4.90 Å². The number of carbonyl (C=O) groups excluding carboxylic acids is 1. The van der Waals surface area contributed by atoms with E-state index in [4.69, 9.17) is 21.4 Å². The van der Waals surface area contributed by atoms with Crippen LogP contribution in [0.2, 0.25) is 5.02 Å². The fourth-order valence-corrected chi connectivity index (χ4v) is 1.57. The number of nitrogens with zero attached hydrogens (tertiary/aromatic N) is 1. The second kappa shape index (κ2) is 4.08. The summed E-state index contributed by atoms with van der Waals surface area (Å²) in [6.07, 6.45) is -0.871. The van der Waals surface area contributed by atoms with Gasteiger partial charge >= 0.3 is 6.09 Å². The molecule has 15 heavy (non-hydrogen) atoms. The molecule has 0 aliphatic carbocycles. The molecule has 1 N–H and O–H groups in total. The monoisotopic (exact) mass is 227 g/mol. The molecule has 1 aromatic carbocycles. The number of cyclic esters (lactones) is 1. The first kappa shape index (κ1) is 10.3. The maximum Gasteiger partial charge on any atom is 0.414 e. The highest BCUT2D eigenvalue weighted by molar-refractivity contribution is 6.30. The third-order valence-corrected chi connectivity index (χ3v) is 2.47. The van der Waals surface area contributed by atoms with E-state index in [1.165, 1.54) is 4.90 Å². The van der Waals surface area contributed by atoms with Crippen LogP contribution in [0.25, 0.3) is 0 Å². The lowest BCUT2D eigenvalue weighted by molar-refractivity contribution is 0.0963. The highest BCUT2D eigenvalue weighted by Crippen LogP contribution is 2.22. The molecule has 1 atom stereocenters. The summed E-state index contributed by atoms with van der Waals surface area (Å²) >= 11 is 5.74. The van der Waals surface area contributed by atoms with E-state index in [2.05, 4.69) is 0 Å². The molecule has 1 aliphatic rings. The number of anilines is 1. The van der Waals surface area contributed by atoms with Gasteiger partial charge in [-0.05, 0) is 24.3 Å². The van der Waals surface area contributed by atoms with E-state index >= 15 is 0 Å². The van der Waals surface area contributed by atoms with Crippen LogP contribution in [0.3, 0.4) is 0 Å². The van der Waals surface area contributed by atoms with Crippen LogP contribution in [0.4, 0.5) is 10.5 Å². The zero-order valence-electron chi connectivity index (χ0n) is 7.89. The number of hydrogen-bond acceptors (Lipinski definition) is 3. The van der Waals surface area contributed by atoms with Crippen molar-refractivity contribution in [2.24, 2.45) is 0 Å². The minimum atomic E-state index is -0.437. The minimum absolute atomic E-state index is 0.157. The molecule has 5 heteroatoms. The molecule has 1 aliphatic heterocycles. The number of amides is 1. The summed E-state index contributed by atoms with van der Waals surface area (Å²) in [5.74, 6) is 0. The van der Waals surface area contributed by atoms with Gasteiger partial charge in [0.25, 0.3) is 0 Å². The fraction of sp³-hybridized carbons (Fsp3) is 0.300. The first-order valence-corrected chi connectivity index (χ1v) is 4.93. The van der Waals surface area contributed by atoms with Crippen LogP contribution in [0.5, 0.6) is 0 Å². The fourth-order valence-electron chi connectivity index (χ4n) is 1.45. The Morgan fingerprint density at radius 3 is 2.67 bits per heavy atom. The average Bonchev–Trinajstić information content (AvgIpc) is 2.61. The van der Waals surface area contributed by atoms with Gasteiger partial charge in [0.05, 0.1) is 13.2 Å². The Labute approximate surface area is 92.0 Å². The maximum absolute atomic E-state index is 11.4. The number of aliphatic hydroxyl groups is 1.